The van der Waals surface area contributed by atoms with E-state index in [0.717, 1.165) is 0 Å². The van der Waals surface area contributed by atoms with Gasteiger partial charge in [0, 0.05) is 31.5 Å². The minimum absolute atomic E-state index is 0.0126. The highest BCUT2D eigenvalue weighted by Crippen LogP contribution is 2.19. The first-order chi connectivity index (χ1) is 34.6. The molecule has 0 aliphatic carbocycles. The fraction of sp³-hybridized carbons (Fsp3) is 0.820. The van der Waals surface area contributed by atoms with Gasteiger partial charge in [0.1, 0.15) is 31.3 Å². The predicted octanol–water partition coefficient (Wildman–Crippen LogP) is -0.338. The number of nitrogens with one attached hydrogen (secondary N) is 8. The first kappa shape index (κ1) is 69.0. The van der Waals surface area contributed by atoms with E-state index in [1.54, 1.807) is 27.7 Å². The molecule has 0 unspecified atom stereocenters. The highest BCUT2D eigenvalue weighted by molar-refractivity contribution is 5.93. The molecule has 0 bridgehead atoms. The average Bonchev–Trinajstić information content (AvgIpc) is 3.29. The molecule has 0 aromatic carbocycles. The Hall–Kier alpha value is -5.01. The fourth-order valence-electron chi connectivity index (χ4n) is 6.89. The number of carbonyl (C=O) groups excluding carboxylic acids is 8. The summed E-state index contributed by atoms with van der Waals surface area (Å²) in [5, 5.41) is 52.1. The van der Waals surface area contributed by atoms with E-state index < -0.39 is 108 Å². The number of hydrogen-bond donors (Lipinski definition) is 11. The highest BCUT2D eigenvalue weighted by Gasteiger charge is 2.34. The summed E-state index contributed by atoms with van der Waals surface area (Å²) in [6.45, 7) is 22.4. The van der Waals surface area contributed by atoms with Gasteiger partial charge in [0.15, 0.2) is 0 Å². The molecule has 0 saturated heterocycles. The van der Waals surface area contributed by atoms with Crippen LogP contribution in [0, 0.1) is 29.1 Å². The SMILES string of the molecule is CCC(C)(C)C(=O)NCCC(=O)NCCOCCOCC(=O)NCCOCCOCC(=O)N[C@H](C(=O)N[C@H](C(=O)N[C@@H](CC(C)C)[C@@H](O)CC(=O)N[C@@H](C)C(=O)N[C@@H](CC(C)C)[C@@H](O)CC(=O)O)C(C)C)C(C)C. The summed E-state index contributed by atoms with van der Waals surface area (Å²) in [6, 6.07) is -5.07. The molecule has 0 aromatic heterocycles. The Morgan fingerprint density at radius 2 is 0.932 bits per heavy atom. The molecule has 0 aliphatic heterocycles. The van der Waals surface area contributed by atoms with Crippen molar-refractivity contribution in [3.05, 3.63) is 0 Å². The second-order valence-electron chi connectivity index (χ2n) is 20.5. The van der Waals surface area contributed by atoms with Crippen LogP contribution >= 0.6 is 0 Å². The van der Waals surface area contributed by atoms with Crippen LogP contribution in [0.5, 0.6) is 0 Å². The lowest BCUT2D eigenvalue weighted by Gasteiger charge is -2.31. The smallest absolute Gasteiger partial charge is 0.306 e. The van der Waals surface area contributed by atoms with Gasteiger partial charge in [-0.1, -0.05) is 76.2 Å². The molecular weight excluding hydrogens is 969 g/mol. The minimum atomic E-state index is -1.40. The lowest BCUT2D eigenvalue weighted by Crippen LogP contribution is -2.59. The van der Waals surface area contributed by atoms with Crippen LogP contribution in [0.2, 0.25) is 0 Å². The summed E-state index contributed by atoms with van der Waals surface area (Å²) in [7, 11) is 0. The Morgan fingerprint density at radius 1 is 0.486 bits per heavy atom. The molecule has 11 N–H and O–H groups in total. The zero-order valence-electron chi connectivity index (χ0n) is 46.0. The standard InChI is InChI=1S/C50H92N8O16/c1-13-50(11,12)49(70)53-15-14-39(61)51-16-18-71-20-22-73-28-41(63)52-17-19-72-21-23-74-29-42(64)57-44(32(6)7)48(69)58-45(33(8)9)47(68)56-35(24-30(2)3)37(59)26-40(62)54-34(10)46(67)55-36(25-31(4)5)38(60)27-43(65)66/h30-38,44-45,59-60H,13-29H2,1-12H3,(H,51,61)(H,52,63)(H,53,70)(H,54,62)(H,55,67)(H,56,68)(H,57,64)(H,58,69)(H,65,66)/t34-,35-,36-,37-,38-,44-,45-/m0/s1. The van der Waals surface area contributed by atoms with Gasteiger partial charge in [0.05, 0.1) is 76.8 Å². The Kier molecular flexibility index (Phi) is 35.1. The summed E-state index contributed by atoms with van der Waals surface area (Å²) >= 11 is 0. The fourth-order valence-corrected chi connectivity index (χ4v) is 6.89. The second-order valence-corrected chi connectivity index (χ2v) is 20.5. The summed E-state index contributed by atoms with van der Waals surface area (Å²) in [4.78, 5) is 113. The highest BCUT2D eigenvalue weighted by atomic mass is 16.5. The maximum absolute atomic E-state index is 13.7. The van der Waals surface area contributed by atoms with Crippen LogP contribution in [0.1, 0.15) is 122 Å². The third-order valence-corrected chi connectivity index (χ3v) is 11.6. The lowest BCUT2D eigenvalue weighted by atomic mass is 9.89. The summed E-state index contributed by atoms with van der Waals surface area (Å²) in [5.74, 6) is -5.97. The van der Waals surface area contributed by atoms with Gasteiger partial charge in [0.25, 0.3) is 0 Å². The normalized spacial score (nSPS) is 14.5. The number of carbonyl (C=O) groups is 9. The van der Waals surface area contributed by atoms with Gasteiger partial charge < -0.3 is 76.8 Å². The molecule has 0 aromatic rings. The van der Waals surface area contributed by atoms with Crippen LogP contribution in [-0.4, -0.2) is 183 Å². The number of amides is 8. The molecule has 0 saturated carbocycles. The second kappa shape index (κ2) is 37.7. The van der Waals surface area contributed by atoms with E-state index in [9.17, 15) is 53.4 Å². The molecule has 0 spiro atoms. The van der Waals surface area contributed by atoms with Gasteiger partial charge >= 0.3 is 5.97 Å². The molecule has 0 rings (SSSR count). The van der Waals surface area contributed by atoms with E-state index >= 15 is 0 Å². The topological polar surface area (TPSA) is 347 Å². The van der Waals surface area contributed by atoms with Crippen molar-refractivity contribution >= 4 is 53.2 Å². The van der Waals surface area contributed by atoms with Crippen LogP contribution in [-0.2, 0) is 62.1 Å². The number of hydrogen-bond acceptors (Lipinski definition) is 15. The van der Waals surface area contributed by atoms with E-state index in [2.05, 4.69) is 42.5 Å². The van der Waals surface area contributed by atoms with E-state index in [-0.39, 0.29) is 115 Å². The molecule has 0 fully saturated rings. The molecule has 24 heteroatoms. The molecule has 7 atom stereocenters. The number of aliphatic hydroxyl groups excluding tert-OH is 2. The van der Waals surface area contributed by atoms with Gasteiger partial charge in [-0.05, 0) is 49.9 Å². The molecule has 428 valence electrons. The molecule has 24 nitrogen and oxygen atoms in total. The number of aliphatic hydroxyl groups is 2. The largest absolute Gasteiger partial charge is 0.481 e. The first-order valence-corrected chi connectivity index (χ1v) is 25.8. The third kappa shape index (κ3) is 31.7. The van der Waals surface area contributed by atoms with Gasteiger partial charge in [-0.25, -0.2) is 0 Å². The van der Waals surface area contributed by atoms with Crippen molar-refractivity contribution in [3.8, 4) is 0 Å². The maximum Gasteiger partial charge on any atom is 0.306 e. The summed E-state index contributed by atoms with van der Waals surface area (Å²) < 4.78 is 21.6. The Bertz CT molecular complexity index is 1730. The Balaban J connectivity index is 4.78. The van der Waals surface area contributed by atoms with Crippen LogP contribution in [0.4, 0.5) is 0 Å². The minimum Gasteiger partial charge on any atom is -0.481 e. The molecule has 74 heavy (non-hydrogen) atoms. The van der Waals surface area contributed by atoms with Gasteiger partial charge in [-0.3, -0.25) is 43.2 Å². The quantitative estimate of drug-likeness (QED) is 0.0349. The zero-order chi connectivity index (χ0) is 56.6. The van der Waals surface area contributed by atoms with Crippen molar-refractivity contribution in [3.63, 3.8) is 0 Å². The Labute approximate surface area is 437 Å². The van der Waals surface area contributed by atoms with Crippen LogP contribution in [0.15, 0.2) is 0 Å². The number of rotatable bonds is 41. The predicted molar refractivity (Wildman–Crippen MR) is 274 cm³/mol. The van der Waals surface area contributed by atoms with Crippen molar-refractivity contribution in [2.75, 3.05) is 72.5 Å². The van der Waals surface area contributed by atoms with E-state index in [4.69, 9.17) is 24.1 Å². The van der Waals surface area contributed by atoms with Crippen molar-refractivity contribution in [1.29, 1.82) is 0 Å². The summed E-state index contributed by atoms with van der Waals surface area (Å²) in [5.41, 5.74) is -0.484. The van der Waals surface area contributed by atoms with Gasteiger partial charge in [-0.15, -0.1) is 0 Å². The molecule has 0 heterocycles. The van der Waals surface area contributed by atoms with Gasteiger partial charge in [-0.2, -0.15) is 0 Å². The van der Waals surface area contributed by atoms with Crippen LogP contribution in [0.25, 0.3) is 0 Å². The molecule has 0 radical (unpaired) electrons. The molecule has 0 aliphatic rings. The monoisotopic (exact) mass is 1060 g/mol. The number of carboxylic acid groups (broad SMARTS) is 1. The van der Waals surface area contributed by atoms with Crippen molar-refractivity contribution in [2.24, 2.45) is 29.1 Å². The van der Waals surface area contributed by atoms with Crippen molar-refractivity contribution in [1.82, 2.24) is 42.5 Å². The lowest BCUT2D eigenvalue weighted by molar-refractivity contribution is -0.140. The number of ether oxygens (including phenoxy) is 4. The molecule has 8 amide bonds. The summed E-state index contributed by atoms with van der Waals surface area (Å²) in [6.07, 6.45) is -2.44. The Morgan fingerprint density at radius 3 is 1.42 bits per heavy atom. The van der Waals surface area contributed by atoms with E-state index in [1.807, 2.05) is 48.5 Å². The zero-order valence-corrected chi connectivity index (χ0v) is 46.0. The third-order valence-electron chi connectivity index (χ3n) is 11.6. The number of aliphatic carboxylic acids is 1. The first-order valence-electron chi connectivity index (χ1n) is 25.8. The van der Waals surface area contributed by atoms with Crippen molar-refractivity contribution < 1.29 is 77.4 Å². The average molecular weight is 1060 g/mol. The van der Waals surface area contributed by atoms with Crippen LogP contribution in [0.3, 0.4) is 0 Å². The van der Waals surface area contributed by atoms with Crippen LogP contribution < -0.4 is 42.5 Å². The number of carboxylic acids is 1. The maximum atomic E-state index is 13.7. The van der Waals surface area contributed by atoms with E-state index in [0.29, 0.717) is 13.0 Å². The van der Waals surface area contributed by atoms with E-state index in [1.165, 1.54) is 6.92 Å². The molecular formula is C50H92N8O16. The van der Waals surface area contributed by atoms with Crippen molar-refractivity contribution in [2.45, 2.75) is 164 Å². The van der Waals surface area contributed by atoms with Gasteiger partial charge in [0.2, 0.25) is 47.3 Å².